The van der Waals surface area contributed by atoms with E-state index in [9.17, 15) is 9.90 Å². The van der Waals surface area contributed by atoms with Gasteiger partial charge in [-0.25, -0.2) is 0 Å². The Morgan fingerprint density at radius 3 is 2.68 bits per heavy atom. The van der Waals surface area contributed by atoms with Crippen molar-refractivity contribution in [2.75, 3.05) is 26.2 Å². The minimum Gasteiger partial charge on any atom is -0.390 e. The highest BCUT2D eigenvalue weighted by molar-refractivity contribution is 5.78. The molecule has 1 amide bonds. The fourth-order valence-corrected chi connectivity index (χ4v) is 3.25. The Morgan fingerprint density at radius 2 is 2.00 bits per heavy atom. The third-order valence-electron chi connectivity index (χ3n) is 4.86. The van der Waals surface area contributed by atoms with Gasteiger partial charge in [-0.1, -0.05) is 30.3 Å². The minimum absolute atomic E-state index is 0.0778. The molecular formula is C19H26N4O2. The maximum Gasteiger partial charge on any atom is 0.236 e. The molecule has 6 nitrogen and oxygen atoms in total. The van der Waals surface area contributed by atoms with Crippen molar-refractivity contribution in [1.29, 1.82) is 0 Å². The Balaban J connectivity index is 1.61. The Hall–Kier alpha value is -2.18. The molecule has 25 heavy (non-hydrogen) atoms. The number of hydrogen-bond donors (Lipinski definition) is 1. The van der Waals surface area contributed by atoms with Gasteiger partial charge in [0.1, 0.15) is 0 Å². The van der Waals surface area contributed by atoms with Crippen LogP contribution in [0, 0.1) is 6.92 Å². The second kappa shape index (κ2) is 7.80. The van der Waals surface area contributed by atoms with Crippen LogP contribution in [-0.2, 0) is 24.8 Å². The van der Waals surface area contributed by atoms with Gasteiger partial charge in [0, 0.05) is 44.5 Å². The van der Waals surface area contributed by atoms with Crippen LogP contribution in [0.2, 0.25) is 0 Å². The lowest BCUT2D eigenvalue weighted by atomic mass is 10.1. The van der Waals surface area contributed by atoms with E-state index in [4.69, 9.17) is 0 Å². The summed E-state index contributed by atoms with van der Waals surface area (Å²) < 4.78 is 1.83. The Bertz CT molecular complexity index is 713. The van der Waals surface area contributed by atoms with Crippen molar-refractivity contribution >= 4 is 5.91 Å². The van der Waals surface area contributed by atoms with Crippen LogP contribution in [0.5, 0.6) is 0 Å². The number of rotatable bonds is 5. The smallest absolute Gasteiger partial charge is 0.236 e. The molecule has 0 radical (unpaired) electrons. The van der Waals surface area contributed by atoms with Gasteiger partial charge < -0.3 is 10.0 Å². The van der Waals surface area contributed by atoms with Gasteiger partial charge in [0.25, 0.3) is 0 Å². The van der Waals surface area contributed by atoms with E-state index in [-0.39, 0.29) is 5.91 Å². The van der Waals surface area contributed by atoms with Crippen molar-refractivity contribution in [3.8, 4) is 0 Å². The Kier molecular flexibility index (Phi) is 5.50. The van der Waals surface area contributed by atoms with Gasteiger partial charge in [-0.2, -0.15) is 5.10 Å². The number of aliphatic hydroxyl groups is 1. The van der Waals surface area contributed by atoms with Crippen LogP contribution in [0.25, 0.3) is 0 Å². The molecule has 134 valence electrons. The molecule has 0 saturated carbocycles. The fourth-order valence-electron chi connectivity index (χ4n) is 3.25. The molecule has 1 fully saturated rings. The zero-order valence-electron chi connectivity index (χ0n) is 14.9. The zero-order valence-corrected chi connectivity index (χ0v) is 14.9. The summed E-state index contributed by atoms with van der Waals surface area (Å²) >= 11 is 0. The molecule has 1 aliphatic heterocycles. The lowest BCUT2D eigenvalue weighted by molar-refractivity contribution is -0.131. The number of benzene rings is 1. The van der Waals surface area contributed by atoms with Crippen LogP contribution < -0.4 is 0 Å². The van der Waals surface area contributed by atoms with Crippen LogP contribution in [-0.4, -0.2) is 62.9 Å². The summed E-state index contributed by atoms with van der Waals surface area (Å²) in [6.45, 7) is 4.52. The molecule has 1 saturated heterocycles. The van der Waals surface area contributed by atoms with E-state index >= 15 is 0 Å². The van der Waals surface area contributed by atoms with E-state index < -0.39 is 6.10 Å². The SMILES string of the molecule is Cc1c(CN2CC(=O)N(CCc3ccccc3)CC(O)C2)cnn1C. The van der Waals surface area contributed by atoms with Crippen molar-refractivity contribution in [3.63, 3.8) is 0 Å². The molecule has 1 unspecified atom stereocenters. The normalized spacial score (nSPS) is 19.2. The number of hydrogen-bond acceptors (Lipinski definition) is 4. The first-order valence-electron chi connectivity index (χ1n) is 8.72. The molecule has 2 aromatic rings. The number of aromatic nitrogens is 2. The number of amides is 1. The van der Waals surface area contributed by atoms with E-state index in [2.05, 4.69) is 17.2 Å². The standard InChI is InChI=1S/C19H26N4O2/c1-15-17(10-20-21(15)2)11-22-12-18(24)13-23(19(25)14-22)9-8-16-6-4-3-5-7-16/h3-7,10,18,24H,8-9,11-14H2,1-2H3. The van der Waals surface area contributed by atoms with Crippen molar-refractivity contribution in [2.45, 2.75) is 26.0 Å². The molecule has 1 N–H and O–H groups in total. The summed E-state index contributed by atoms with van der Waals surface area (Å²) in [5, 5.41) is 14.6. The summed E-state index contributed by atoms with van der Waals surface area (Å²) in [6, 6.07) is 10.1. The fraction of sp³-hybridized carbons (Fsp3) is 0.474. The highest BCUT2D eigenvalue weighted by Gasteiger charge is 2.27. The van der Waals surface area contributed by atoms with Crippen LogP contribution in [0.1, 0.15) is 16.8 Å². The van der Waals surface area contributed by atoms with Crippen molar-refractivity contribution in [2.24, 2.45) is 7.05 Å². The van der Waals surface area contributed by atoms with E-state index in [0.717, 1.165) is 17.7 Å². The molecule has 0 bridgehead atoms. The third-order valence-corrected chi connectivity index (χ3v) is 4.86. The Labute approximate surface area is 148 Å². The second-order valence-corrected chi connectivity index (χ2v) is 6.78. The van der Waals surface area contributed by atoms with Crippen LogP contribution in [0.4, 0.5) is 0 Å². The summed E-state index contributed by atoms with van der Waals surface area (Å²) in [7, 11) is 1.91. The third kappa shape index (κ3) is 4.46. The van der Waals surface area contributed by atoms with E-state index in [1.165, 1.54) is 5.56 Å². The predicted molar refractivity (Wildman–Crippen MR) is 96.0 cm³/mol. The van der Waals surface area contributed by atoms with E-state index in [1.54, 1.807) is 4.90 Å². The molecule has 2 heterocycles. The van der Waals surface area contributed by atoms with Gasteiger partial charge in [0.05, 0.1) is 18.8 Å². The minimum atomic E-state index is -0.529. The van der Waals surface area contributed by atoms with Crippen LogP contribution >= 0.6 is 0 Å². The molecule has 0 spiro atoms. The first-order valence-corrected chi connectivity index (χ1v) is 8.72. The lowest BCUT2D eigenvalue weighted by Crippen LogP contribution is -2.38. The topological polar surface area (TPSA) is 61.6 Å². The van der Waals surface area contributed by atoms with Gasteiger partial charge in [-0.15, -0.1) is 0 Å². The maximum absolute atomic E-state index is 12.6. The number of aryl methyl sites for hydroxylation is 1. The summed E-state index contributed by atoms with van der Waals surface area (Å²) in [6.07, 6.45) is 2.12. The Morgan fingerprint density at radius 1 is 1.24 bits per heavy atom. The quantitative estimate of drug-likeness (QED) is 0.880. The van der Waals surface area contributed by atoms with E-state index in [1.807, 2.05) is 47.9 Å². The van der Waals surface area contributed by atoms with Crippen LogP contribution in [0.15, 0.2) is 36.5 Å². The molecule has 1 aromatic carbocycles. The van der Waals surface area contributed by atoms with Crippen molar-refractivity contribution in [1.82, 2.24) is 19.6 Å². The monoisotopic (exact) mass is 342 g/mol. The molecule has 3 rings (SSSR count). The van der Waals surface area contributed by atoms with Gasteiger partial charge in [-0.05, 0) is 18.9 Å². The van der Waals surface area contributed by atoms with Gasteiger partial charge >= 0.3 is 0 Å². The summed E-state index contributed by atoms with van der Waals surface area (Å²) in [4.78, 5) is 16.4. The summed E-state index contributed by atoms with van der Waals surface area (Å²) in [5.74, 6) is 0.0778. The lowest BCUT2D eigenvalue weighted by Gasteiger charge is -2.22. The number of nitrogens with zero attached hydrogens (tertiary/aromatic N) is 4. The molecular weight excluding hydrogens is 316 g/mol. The first-order chi connectivity index (χ1) is 12.0. The number of carbonyl (C=O) groups is 1. The number of carbonyl (C=O) groups excluding carboxylic acids is 1. The number of β-amino-alcohol motifs (C(OH)–C–C–N with tert-alkyl or cyclic N) is 1. The van der Waals surface area contributed by atoms with Crippen molar-refractivity contribution < 1.29 is 9.90 Å². The number of aliphatic hydroxyl groups excluding tert-OH is 1. The first kappa shape index (κ1) is 17.6. The highest BCUT2D eigenvalue weighted by atomic mass is 16.3. The molecule has 1 aromatic heterocycles. The van der Waals surface area contributed by atoms with Crippen LogP contribution in [0.3, 0.4) is 0 Å². The molecule has 6 heteroatoms. The van der Waals surface area contributed by atoms with Crippen molar-refractivity contribution in [3.05, 3.63) is 53.3 Å². The van der Waals surface area contributed by atoms with Gasteiger partial charge in [-0.3, -0.25) is 14.4 Å². The zero-order chi connectivity index (χ0) is 17.8. The largest absolute Gasteiger partial charge is 0.390 e. The van der Waals surface area contributed by atoms with Gasteiger partial charge in [0.2, 0.25) is 5.91 Å². The maximum atomic E-state index is 12.6. The molecule has 1 atom stereocenters. The summed E-state index contributed by atoms with van der Waals surface area (Å²) in [5.41, 5.74) is 3.39. The average Bonchev–Trinajstić information content (AvgIpc) is 2.83. The van der Waals surface area contributed by atoms with E-state index in [0.29, 0.717) is 32.7 Å². The average molecular weight is 342 g/mol. The molecule has 1 aliphatic rings. The molecule has 0 aliphatic carbocycles. The predicted octanol–water partition coefficient (Wildman–Crippen LogP) is 0.976. The highest BCUT2D eigenvalue weighted by Crippen LogP contribution is 2.13. The van der Waals surface area contributed by atoms with Gasteiger partial charge in [0.15, 0.2) is 0 Å². The second-order valence-electron chi connectivity index (χ2n) is 6.78.